The number of quaternary nitrogens is 1. The van der Waals surface area contributed by atoms with Crippen molar-refractivity contribution in [2.24, 2.45) is 5.18 Å². The van der Waals surface area contributed by atoms with Crippen molar-refractivity contribution in [1.29, 1.82) is 0 Å². The lowest BCUT2D eigenvalue weighted by Crippen LogP contribution is -2.35. The fraction of sp³-hybridized carbons (Fsp3) is 0.533. The van der Waals surface area contributed by atoms with E-state index in [1.165, 1.54) is 6.20 Å². The number of nitroso groups, excluding NO2 is 1. The first-order chi connectivity index (χ1) is 9.83. The number of allylic oxidation sites excluding steroid dienone is 1. The highest BCUT2D eigenvalue weighted by Crippen LogP contribution is 2.15. The molecule has 21 heavy (non-hydrogen) atoms. The van der Waals surface area contributed by atoms with Gasteiger partial charge in [0.2, 0.25) is 0 Å². The number of hydrogen-bond donors (Lipinski definition) is 1. The van der Waals surface area contributed by atoms with Crippen molar-refractivity contribution in [3.05, 3.63) is 40.7 Å². The van der Waals surface area contributed by atoms with Crippen LogP contribution in [0.1, 0.15) is 12.8 Å². The van der Waals surface area contributed by atoms with Gasteiger partial charge in [0.25, 0.3) is 5.91 Å². The SMILES string of the molecule is CN1C=C(C(=O)NCCCC[N+](C)(C)C)C=C/C1=C/N=O. The quantitative estimate of drug-likeness (QED) is 0.440. The molecule has 0 aliphatic carbocycles. The van der Waals surface area contributed by atoms with Crippen molar-refractivity contribution in [3.63, 3.8) is 0 Å². The van der Waals surface area contributed by atoms with Gasteiger partial charge in [0.05, 0.1) is 45.2 Å². The number of carbonyl (C=O) groups excluding carboxylic acids is 1. The topological polar surface area (TPSA) is 61.8 Å². The lowest BCUT2D eigenvalue weighted by atomic mass is 10.1. The van der Waals surface area contributed by atoms with Crippen LogP contribution in [0.4, 0.5) is 0 Å². The minimum absolute atomic E-state index is 0.0959. The van der Waals surface area contributed by atoms with E-state index in [1.54, 1.807) is 30.3 Å². The molecule has 6 nitrogen and oxygen atoms in total. The van der Waals surface area contributed by atoms with Crippen LogP contribution in [0.15, 0.2) is 41.0 Å². The second-order valence-electron chi connectivity index (χ2n) is 6.16. The van der Waals surface area contributed by atoms with Crippen LogP contribution in [0, 0.1) is 4.91 Å². The fourth-order valence-corrected chi connectivity index (χ4v) is 1.96. The second-order valence-corrected chi connectivity index (χ2v) is 6.16. The van der Waals surface area contributed by atoms with Crippen LogP contribution in [-0.4, -0.2) is 56.6 Å². The van der Waals surface area contributed by atoms with Crippen molar-refractivity contribution in [3.8, 4) is 0 Å². The molecule has 0 atom stereocenters. The number of amides is 1. The van der Waals surface area contributed by atoms with Gasteiger partial charge in [-0.1, -0.05) is 0 Å². The Labute approximate surface area is 126 Å². The molecule has 1 aliphatic heterocycles. The summed E-state index contributed by atoms with van der Waals surface area (Å²) in [5, 5.41) is 5.64. The number of carbonyl (C=O) groups is 1. The van der Waals surface area contributed by atoms with Crippen molar-refractivity contribution < 1.29 is 9.28 Å². The van der Waals surface area contributed by atoms with Gasteiger partial charge in [0.1, 0.15) is 0 Å². The molecular weight excluding hydrogens is 268 g/mol. The second kappa shape index (κ2) is 7.73. The average molecular weight is 293 g/mol. The highest BCUT2D eigenvalue weighted by atomic mass is 16.2. The minimum atomic E-state index is -0.0959. The Hall–Kier alpha value is -1.95. The Balaban J connectivity index is 2.37. The lowest BCUT2D eigenvalue weighted by molar-refractivity contribution is -0.870. The van der Waals surface area contributed by atoms with Crippen LogP contribution < -0.4 is 5.32 Å². The van der Waals surface area contributed by atoms with Crippen LogP contribution in [0.25, 0.3) is 0 Å². The summed E-state index contributed by atoms with van der Waals surface area (Å²) in [5.74, 6) is -0.0959. The largest absolute Gasteiger partial charge is 0.352 e. The summed E-state index contributed by atoms with van der Waals surface area (Å²) in [5.41, 5.74) is 1.23. The van der Waals surface area contributed by atoms with Gasteiger partial charge in [-0.3, -0.25) is 4.79 Å². The van der Waals surface area contributed by atoms with Gasteiger partial charge >= 0.3 is 0 Å². The normalized spacial score (nSPS) is 16.9. The van der Waals surface area contributed by atoms with Crippen molar-refractivity contribution in [2.75, 3.05) is 41.3 Å². The molecule has 0 aromatic rings. The molecule has 0 bridgehead atoms. The summed E-state index contributed by atoms with van der Waals surface area (Å²) in [6.45, 7) is 1.76. The average Bonchev–Trinajstić information content (AvgIpc) is 2.39. The number of hydrogen-bond acceptors (Lipinski definition) is 4. The van der Waals surface area contributed by atoms with Crippen LogP contribution in [0.2, 0.25) is 0 Å². The van der Waals surface area contributed by atoms with Gasteiger partial charge in [-0.15, -0.1) is 4.91 Å². The van der Waals surface area contributed by atoms with E-state index >= 15 is 0 Å². The zero-order chi connectivity index (χ0) is 15.9. The highest BCUT2D eigenvalue weighted by Gasteiger charge is 2.13. The van der Waals surface area contributed by atoms with Gasteiger partial charge in [-0.2, -0.15) is 0 Å². The van der Waals surface area contributed by atoms with E-state index < -0.39 is 0 Å². The Morgan fingerprint density at radius 1 is 1.33 bits per heavy atom. The van der Waals surface area contributed by atoms with E-state index in [1.807, 2.05) is 0 Å². The van der Waals surface area contributed by atoms with Gasteiger partial charge in [-0.25, -0.2) is 0 Å². The van der Waals surface area contributed by atoms with Gasteiger partial charge in [0.15, 0.2) is 0 Å². The Kier molecular flexibility index (Phi) is 6.30. The lowest BCUT2D eigenvalue weighted by Gasteiger charge is -2.23. The number of likely N-dealkylation sites (N-methyl/N-ethyl adjacent to an activating group) is 1. The van der Waals surface area contributed by atoms with Crippen LogP contribution in [0.5, 0.6) is 0 Å². The smallest absolute Gasteiger partial charge is 0.252 e. The van der Waals surface area contributed by atoms with E-state index in [2.05, 4.69) is 31.6 Å². The molecule has 0 unspecified atom stereocenters. The molecule has 1 N–H and O–H groups in total. The van der Waals surface area contributed by atoms with E-state index in [0.717, 1.165) is 23.9 Å². The zero-order valence-electron chi connectivity index (χ0n) is 13.3. The Bertz CT molecular complexity index is 473. The van der Waals surface area contributed by atoms with Crippen molar-refractivity contribution in [2.45, 2.75) is 12.8 Å². The molecule has 0 fully saturated rings. The van der Waals surface area contributed by atoms with E-state index in [9.17, 15) is 9.70 Å². The summed E-state index contributed by atoms with van der Waals surface area (Å²) in [4.78, 5) is 23.9. The number of nitrogens with one attached hydrogen (secondary N) is 1. The first kappa shape index (κ1) is 17.1. The molecule has 6 heteroatoms. The van der Waals surface area contributed by atoms with Gasteiger partial charge in [0, 0.05) is 19.8 Å². The maximum atomic E-state index is 12.0. The van der Waals surface area contributed by atoms with E-state index in [0.29, 0.717) is 17.8 Å². The molecule has 0 spiro atoms. The summed E-state index contributed by atoms with van der Waals surface area (Å²) in [6, 6.07) is 0. The molecule has 0 aromatic heterocycles. The minimum Gasteiger partial charge on any atom is -0.352 e. The Morgan fingerprint density at radius 2 is 2.05 bits per heavy atom. The maximum absolute atomic E-state index is 12.0. The molecule has 1 aliphatic rings. The number of rotatable bonds is 7. The first-order valence-electron chi connectivity index (χ1n) is 7.07. The predicted molar refractivity (Wildman–Crippen MR) is 84.0 cm³/mol. The molecule has 0 saturated carbocycles. The number of unbranched alkanes of at least 4 members (excludes halogenated alkanes) is 1. The number of nitrogens with zero attached hydrogens (tertiary/aromatic N) is 3. The molecule has 1 rings (SSSR count). The predicted octanol–water partition coefficient (Wildman–Crippen LogP) is 1.58. The monoisotopic (exact) mass is 293 g/mol. The molecule has 0 saturated heterocycles. The summed E-state index contributed by atoms with van der Waals surface area (Å²) < 4.78 is 0.937. The molecule has 1 amide bonds. The molecule has 1 heterocycles. The highest BCUT2D eigenvalue weighted by molar-refractivity contribution is 5.96. The zero-order valence-corrected chi connectivity index (χ0v) is 13.3. The van der Waals surface area contributed by atoms with E-state index in [-0.39, 0.29) is 5.91 Å². The third kappa shape index (κ3) is 6.35. The molecule has 0 aromatic carbocycles. The third-order valence-electron chi connectivity index (χ3n) is 3.16. The summed E-state index contributed by atoms with van der Waals surface area (Å²) in [7, 11) is 8.25. The summed E-state index contributed by atoms with van der Waals surface area (Å²) >= 11 is 0. The molecule has 0 radical (unpaired) electrons. The van der Waals surface area contributed by atoms with Crippen LogP contribution in [0.3, 0.4) is 0 Å². The third-order valence-corrected chi connectivity index (χ3v) is 3.16. The molecular formula is C15H25N4O2+. The van der Waals surface area contributed by atoms with E-state index in [4.69, 9.17) is 0 Å². The standard InChI is InChI=1S/C15H24N4O2/c1-18-12-13(7-8-14(18)11-17-21)15(20)16-9-5-6-10-19(2,3)4/h7-8,11-12H,5-6,9-10H2,1-4H3/p+1/b14-11-. The Morgan fingerprint density at radius 3 is 2.62 bits per heavy atom. The van der Waals surface area contributed by atoms with Gasteiger partial charge < -0.3 is 14.7 Å². The van der Waals surface area contributed by atoms with Crippen molar-refractivity contribution in [1.82, 2.24) is 10.2 Å². The molecule has 116 valence electrons. The van der Waals surface area contributed by atoms with Crippen LogP contribution >= 0.6 is 0 Å². The van der Waals surface area contributed by atoms with Gasteiger partial charge in [-0.05, 0) is 30.2 Å². The van der Waals surface area contributed by atoms with Crippen LogP contribution in [-0.2, 0) is 4.79 Å². The maximum Gasteiger partial charge on any atom is 0.252 e. The first-order valence-corrected chi connectivity index (χ1v) is 7.07. The van der Waals surface area contributed by atoms with Crippen molar-refractivity contribution >= 4 is 5.91 Å². The fourth-order valence-electron chi connectivity index (χ4n) is 1.96. The summed E-state index contributed by atoms with van der Waals surface area (Å²) in [6.07, 6.45) is 8.35.